The topological polar surface area (TPSA) is 151 Å². The Kier molecular flexibility index (Phi) is 6.68. The quantitative estimate of drug-likeness (QED) is 0.331. The lowest BCUT2D eigenvalue weighted by molar-refractivity contribution is 0.102. The summed E-state index contributed by atoms with van der Waals surface area (Å²) in [6.45, 7) is 2.46. The average Bonchev–Trinajstić information content (AvgIpc) is 3.50. The molecule has 13 heteroatoms. The van der Waals surface area contributed by atoms with Crippen molar-refractivity contribution in [3.63, 3.8) is 0 Å². The van der Waals surface area contributed by atoms with E-state index in [1.807, 2.05) is 43.3 Å². The fraction of sp³-hybridized carbons (Fsp3) is 0.333. The van der Waals surface area contributed by atoms with Gasteiger partial charge in [-0.25, -0.2) is 12.9 Å². The molecule has 0 radical (unpaired) electrons. The zero-order valence-corrected chi connectivity index (χ0v) is 21.0. The van der Waals surface area contributed by atoms with Crippen LogP contribution in [0.2, 0.25) is 0 Å². The van der Waals surface area contributed by atoms with Gasteiger partial charge in [0.25, 0.3) is 5.91 Å². The number of carbonyl (C=O) groups excluding carboxylic acids is 1. The van der Waals surface area contributed by atoms with E-state index in [0.29, 0.717) is 47.4 Å². The summed E-state index contributed by atoms with van der Waals surface area (Å²) < 4.78 is 27.9. The fourth-order valence-electron chi connectivity index (χ4n) is 4.10. The highest BCUT2D eigenvalue weighted by Gasteiger charge is 2.37. The first-order valence-corrected chi connectivity index (χ1v) is 13.5. The summed E-state index contributed by atoms with van der Waals surface area (Å²) in [4.78, 5) is 14.4. The zero-order chi connectivity index (χ0) is 26.0. The lowest BCUT2D eigenvalue weighted by Gasteiger charge is -2.36. The third-order valence-corrected chi connectivity index (χ3v) is 8.22. The molecular weight excluding hydrogens is 494 g/mol. The van der Waals surface area contributed by atoms with Gasteiger partial charge in [0.2, 0.25) is 15.8 Å². The highest BCUT2D eigenvalue weighted by molar-refractivity contribution is 7.89. The van der Waals surface area contributed by atoms with Crippen molar-refractivity contribution >= 4 is 27.1 Å². The number of sulfonamides is 1. The number of rotatable bonds is 9. The number of aryl methyl sites for hydroxylation is 1. The normalized spacial score (nSPS) is 14.4. The van der Waals surface area contributed by atoms with E-state index in [0.717, 1.165) is 5.56 Å². The molecule has 37 heavy (non-hydrogen) atoms. The van der Waals surface area contributed by atoms with Gasteiger partial charge in [-0.15, -0.1) is 10.2 Å². The number of pyridine rings is 1. The SMILES string of the molecule is Cc1ccc(-c2nnn(C3CN(S(=O)(=O)CCCCC#N)C3)n2)cc1NC(=O)c1cnn2ccccc12. The van der Waals surface area contributed by atoms with E-state index >= 15 is 0 Å². The van der Waals surface area contributed by atoms with Gasteiger partial charge in [0.15, 0.2) is 0 Å². The number of benzene rings is 1. The third kappa shape index (κ3) is 5.07. The Bertz CT molecular complexity index is 1600. The molecule has 4 aromatic rings. The van der Waals surface area contributed by atoms with E-state index in [1.54, 1.807) is 16.8 Å². The fourth-order valence-corrected chi connectivity index (χ4v) is 5.72. The van der Waals surface area contributed by atoms with Crippen LogP contribution in [0.15, 0.2) is 48.8 Å². The third-order valence-electron chi connectivity index (χ3n) is 6.33. The lowest BCUT2D eigenvalue weighted by Crippen LogP contribution is -2.51. The molecule has 1 aliphatic heterocycles. The first kappa shape index (κ1) is 24.5. The second-order valence-corrected chi connectivity index (χ2v) is 11.0. The molecular formula is C24H25N9O3S. The van der Waals surface area contributed by atoms with Gasteiger partial charge < -0.3 is 5.32 Å². The summed E-state index contributed by atoms with van der Waals surface area (Å²) in [5.41, 5.74) is 3.33. The molecule has 12 nitrogen and oxygen atoms in total. The summed E-state index contributed by atoms with van der Waals surface area (Å²) in [5, 5.41) is 28.5. The maximum atomic E-state index is 13.0. The smallest absolute Gasteiger partial charge is 0.259 e. The number of anilines is 1. The van der Waals surface area contributed by atoms with Crippen molar-refractivity contribution in [3.05, 3.63) is 59.9 Å². The van der Waals surface area contributed by atoms with E-state index in [1.165, 1.54) is 15.3 Å². The maximum absolute atomic E-state index is 13.0. The van der Waals surface area contributed by atoms with Crippen molar-refractivity contribution in [2.45, 2.75) is 32.2 Å². The molecule has 0 spiro atoms. The predicted octanol–water partition coefficient (Wildman–Crippen LogP) is 2.43. The minimum Gasteiger partial charge on any atom is -0.322 e. The number of aromatic nitrogens is 6. The largest absolute Gasteiger partial charge is 0.322 e. The second-order valence-electron chi connectivity index (χ2n) is 8.91. The van der Waals surface area contributed by atoms with E-state index in [2.05, 4.69) is 25.8 Å². The molecule has 0 aliphatic carbocycles. The Hall–Kier alpha value is -4.15. The summed E-state index contributed by atoms with van der Waals surface area (Å²) in [7, 11) is -3.36. The van der Waals surface area contributed by atoms with Crippen molar-refractivity contribution in [2.24, 2.45) is 0 Å². The number of fused-ring (bicyclic) bond motifs is 1. The standard InChI is InChI=1S/C24H25N9O3S/c1-17-8-9-18(13-21(17)27-24(34)20-14-26-32-11-5-3-7-22(20)32)23-28-30-33(29-23)19-15-31(16-19)37(35,36)12-6-2-4-10-25/h3,5,7-9,11,13-14,19H,2,4,6,12,15-16H2,1H3,(H,27,34). The van der Waals surface area contributed by atoms with Crippen LogP contribution in [0.5, 0.6) is 0 Å². The van der Waals surface area contributed by atoms with Gasteiger partial charge >= 0.3 is 0 Å². The number of nitriles is 1. The van der Waals surface area contributed by atoms with Crippen molar-refractivity contribution in [1.82, 2.24) is 34.1 Å². The number of hydrogen-bond donors (Lipinski definition) is 1. The summed E-state index contributed by atoms with van der Waals surface area (Å²) in [5.74, 6) is 0.135. The molecule has 1 N–H and O–H groups in total. The molecule has 0 bridgehead atoms. The van der Waals surface area contributed by atoms with Gasteiger partial charge in [0, 0.05) is 37.0 Å². The van der Waals surface area contributed by atoms with Gasteiger partial charge in [0.05, 0.1) is 29.1 Å². The van der Waals surface area contributed by atoms with Gasteiger partial charge in [-0.2, -0.15) is 19.5 Å². The number of hydrogen-bond acceptors (Lipinski definition) is 8. The van der Waals surface area contributed by atoms with E-state index in [9.17, 15) is 13.2 Å². The number of unbranched alkanes of at least 4 members (excludes halogenated alkanes) is 2. The molecule has 3 aromatic heterocycles. The van der Waals surface area contributed by atoms with Crippen LogP contribution in [0.25, 0.3) is 16.9 Å². The highest BCUT2D eigenvalue weighted by Crippen LogP contribution is 2.27. The number of tetrazole rings is 1. The zero-order valence-electron chi connectivity index (χ0n) is 20.1. The maximum Gasteiger partial charge on any atom is 0.259 e. The van der Waals surface area contributed by atoms with Gasteiger partial charge in [-0.3, -0.25) is 4.79 Å². The number of nitrogens with one attached hydrogen (secondary N) is 1. The van der Waals surface area contributed by atoms with Gasteiger partial charge in [-0.05, 0) is 48.7 Å². The van der Waals surface area contributed by atoms with Gasteiger partial charge in [0.1, 0.15) is 6.04 Å². The van der Waals surface area contributed by atoms with Crippen LogP contribution in [-0.2, 0) is 10.0 Å². The molecule has 1 amide bonds. The summed E-state index contributed by atoms with van der Waals surface area (Å²) in [6.07, 6.45) is 4.70. The van der Waals surface area contributed by atoms with Crippen LogP contribution in [-0.4, -0.2) is 67.3 Å². The first-order chi connectivity index (χ1) is 17.9. The van der Waals surface area contributed by atoms with Crippen LogP contribution >= 0.6 is 0 Å². The molecule has 4 heterocycles. The minimum absolute atomic E-state index is 0.0323. The second kappa shape index (κ2) is 10.1. The monoisotopic (exact) mass is 519 g/mol. The van der Waals surface area contributed by atoms with Crippen molar-refractivity contribution in [1.29, 1.82) is 5.26 Å². The lowest BCUT2D eigenvalue weighted by atomic mass is 10.1. The first-order valence-electron chi connectivity index (χ1n) is 11.8. The molecule has 0 unspecified atom stereocenters. The van der Waals surface area contributed by atoms with Gasteiger partial charge in [-0.1, -0.05) is 18.2 Å². The van der Waals surface area contributed by atoms with Crippen molar-refractivity contribution in [2.75, 3.05) is 24.2 Å². The van der Waals surface area contributed by atoms with Crippen LogP contribution in [0, 0.1) is 18.3 Å². The molecule has 0 saturated carbocycles. The van der Waals surface area contributed by atoms with Crippen molar-refractivity contribution in [3.8, 4) is 17.5 Å². The van der Waals surface area contributed by atoms with Crippen LogP contribution in [0.1, 0.15) is 41.2 Å². The van der Waals surface area contributed by atoms with E-state index in [-0.39, 0.29) is 30.8 Å². The Balaban J connectivity index is 1.25. The highest BCUT2D eigenvalue weighted by atomic mass is 32.2. The Morgan fingerprint density at radius 2 is 2.05 bits per heavy atom. The predicted molar refractivity (Wildman–Crippen MR) is 135 cm³/mol. The molecule has 1 saturated heterocycles. The Morgan fingerprint density at radius 1 is 1.22 bits per heavy atom. The molecule has 1 aromatic carbocycles. The molecule has 0 atom stereocenters. The Labute approximate surface area is 213 Å². The molecule has 1 aliphatic rings. The summed E-state index contributed by atoms with van der Waals surface area (Å²) >= 11 is 0. The van der Waals surface area contributed by atoms with Crippen molar-refractivity contribution < 1.29 is 13.2 Å². The molecule has 5 rings (SSSR count). The summed E-state index contributed by atoms with van der Waals surface area (Å²) in [6, 6.07) is 12.9. The van der Waals surface area contributed by atoms with E-state index in [4.69, 9.17) is 5.26 Å². The average molecular weight is 520 g/mol. The number of carbonyl (C=O) groups is 1. The van der Waals surface area contributed by atoms with E-state index < -0.39 is 10.0 Å². The van der Waals surface area contributed by atoms with Crippen LogP contribution in [0.3, 0.4) is 0 Å². The number of nitrogens with zero attached hydrogens (tertiary/aromatic N) is 8. The Morgan fingerprint density at radius 3 is 2.86 bits per heavy atom. The van der Waals surface area contributed by atoms with Crippen LogP contribution < -0.4 is 5.32 Å². The minimum atomic E-state index is -3.36. The molecule has 1 fully saturated rings. The molecule has 190 valence electrons. The number of amides is 1. The van der Waals surface area contributed by atoms with Crippen LogP contribution in [0.4, 0.5) is 5.69 Å².